The summed E-state index contributed by atoms with van der Waals surface area (Å²) in [6, 6.07) is 7.57. The number of hydrogen-bond acceptors (Lipinski definition) is 6. The third-order valence-corrected chi connectivity index (χ3v) is 5.01. The number of rotatable bonds is 7. The van der Waals surface area contributed by atoms with Gasteiger partial charge in [0, 0.05) is 37.6 Å². The first-order valence-corrected chi connectivity index (χ1v) is 9.88. The van der Waals surface area contributed by atoms with Crippen molar-refractivity contribution in [2.75, 3.05) is 5.32 Å². The molecular formula is C22H22FN7O2. The maximum atomic E-state index is 13.5. The van der Waals surface area contributed by atoms with Crippen LogP contribution in [0, 0.1) is 12.7 Å². The first kappa shape index (κ1) is 21.2. The Morgan fingerprint density at radius 1 is 1.25 bits per heavy atom. The van der Waals surface area contributed by atoms with E-state index in [-0.39, 0.29) is 19.1 Å². The summed E-state index contributed by atoms with van der Waals surface area (Å²) in [5, 5.41) is 19.4. The molecule has 3 heterocycles. The van der Waals surface area contributed by atoms with Gasteiger partial charge < -0.3 is 20.7 Å². The maximum Gasteiger partial charge on any atom is 0.267 e. The zero-order valence-corrected chi connectivity index (χ0v) is 17.6. The number of aryl methyl sites for hydroxylation is 2. The number of nitrogens with one attached hydrogen (secondary N) is 3. The lowest BCUT2D eigenvalue weighted by Crippen LogP contribution is -2.23. The highest BCUT2D eigenvalue weighted by Crippen LogP contribution is 2.24. The van der Waals surface area contributed by atoms with Crippen LogP contribution >= 0.6 is 0 Å². The Morgan fingerprint density at radius 3 is 2.84 bits per heavy atom. The standard InChI is InChI=1S/C22H22FN7O2/c1-13-9-26-22(28-19-5-6-27-30(19)2)29-20(13)16-8-18(24-11-16)21(32)25-10-15-7-17(23)4-3-14(15)12-31/h3-9,11,24,31H,10,12H2,1-2H3,(H,25,32)(H,26,28,29). The second kappa shape index (κ2) is 8.98. The zero-order chi connectivity index (χ0) is 22.7. The number of H-pyrrole nitrogens is 1. The third kappa shape index (κ3) is 4.49. The Morgan fingerprint density at radius 2 is 2.09 bits per heavy atom. The fraction of sp³-hybridized carbons (Fsp3) is 0.182. The number of aliphatic hydroxyl groups excluding tert-OH is 1. The molecule has 1 aromatic carbocycles. The van der Waals surface area contributed by atoms with E-state index in [2.05, 4.69) is 30.7 Å². The Balaban J connectivity index is 1.50. The molecule has 0 radical (unpaired) electrons. The molecule has 0 atom stereocenters. The van der Waals surface area contributed by atoms with E-state index < -0.39 is 5.82 Å². The summed E-state index contributed by atoms with van der Waals surface area (Å²) in [5.74, 6) is 0.366. The number of amides is 1. The van der Waals surface area contributed by atoms with Crippen molar-refractivity contribution < 1.29 is 14.3 Å². The molecule has 164 valence electrons. The van der Waals surface area contributed by atoms with Gasteiger partial charge in [-0.3, -0.25) is 9.48 Å². The molecule has 4 N–H and O–H groups in total. The fourth-order valence-electron chi connectivity index (χ4n) is 3.25. The monoisotopic (exact) mass is 435 g/mol. The van der Waals surface area contributed by atoms with Gasteiger partial charge in [-0.2, -0.15) is 5.10 Å². The Kier molecular flexibility index (Phi) is 5.95. The molecule has 0 fully saturated rings. The van der Waals surface area contributed by atoms with Gasteiger partial charge in [-0.05, 0) is 41.8 Å². The predicted molar refractivity (Wildman–Crippen MR) is 117 cm³/mol. The van der Waals surface area contributed by atoms with Crippen molar-refractivity contribution in [3.63, 3.8) is 0 Å². The highest BCUT2D eigenvalue weighted by molar-refractivity contribution is 5.93. The first-order chi connectivity index (χ1) is 15.4. The molecule has 32 heavy (non-hydrogen) atoms. The maximum absolute atomic E-state index is 13.5. The number of aromatic nitrogens is 5. The van der Waals surface area contributed by atoms with Crippen LogP contribution in [0.5, 0.6) is 0 Å². The summed E-state index contributed by atoms with van der Waals surface area (Å²) in [7, 11) is 1.81. The molecule has 0 aliphatic carbocycles. The lowest BCUT2D eigenvalue weighted by atomic mass is 10.1. The zero-order valence-electron chi connectivity index (χ0n) is 17.6. The van der Waals surface area contributed by atoms with Crippen LogP contribution in [0.1, 0.15) is 27.2 Å². The van der Waals surface area contributed by atoms with Crippen LogP contribution in [0.3, 0.4) is 0 Å². The van der Waals surface area contributed by atoms with Gasteiger partial charge in [0.15, 0.2) is 0 Å². The number of anilines is 2. The summed E-state index contributed by atoms with van der Waals surface area (Å²) in [6.45, 7) is 1.74. The highest BCUT2D eigenvalue weighted by atomic mass is 19.1. The van der Waals surface area contributed by atoms with E-state index >= 15 is 0 Å². The van der Waals surface area contributed by atoms with Crippen LogP contribution in [0.2, 0.25) is 0 Å². The molecule has 10 heteroatoms. The van der Waals surface area contributed by atoms with E-state index in [1.807, 2.05) is 20.0 Å². The van der Waals surface area contributed by atoms with Gasteiger partial charge in [0.05, 0.1) is 18.5 Å². The number of halogens is 1. The van der Waals surface area contributed by atoms with Gasteiger partial charge in [-0.25, -0.2) is 14.4 Å². The predicted octanol–water partition coefficient (Wildman–Crippen LogP) is 2.82. The second-order valence-corrected chi connectivity index (χ2v) is 7.25. The molecule has 3 aromatic heterocycles. The van der Waals surface area contributed by atoms with Gasteiger partial charge in [-0.1, -0.05) is 6.07 Å². The second-order valence-electron chi connectivity index (χ2n) is 7.25. The van der Waals surface area contributed by atoms with Crippen molar-refractivity contribution in [1.29, 1.82) is 0 Å². The van der Waals surface area contributed by atoms with Crippen LogP contribution in [0.25, 0.3) is 11.3 Å². The van der Waals surface area contributed by atoms with Gasteiger partial charge in [0.2, 0.25) is 5.95 Å². The quantitative estimate of drug-likeness (QED) is 0.354. The molecule has 4 rings (SSSR count). The minimum Gasteiger partial charge on any atom is -0.392 e. The molecule has 9 nitrogen and oxygen atoms in total. The SMILES string of the molecule is Cc1cnc(Nc2ccnn2C)nc1-c1c[nH]c(C(=O)NCc2cc(F)ccc2CO)c1. The number of hydrogen-bond donors (Lipinski definition) is 4. The van der Waals surface area contributed by atoms with E-state index in [4.69, 9.17) is 0 Å². The third-order valence-electron chi connectivity index (χ3n) is 5.01. The molecule has 0 aliphatic rings. The number of aliphatic hydroxyl groups is 1. The topological polar surface area (TPSA) is 121 Å². The molecule has 0 bridgehead atoms. The first-order valence-electron chi connectivity index (χ1n) is 9.88. The van der Waals surface area contributed by atoms with Crippen molar-refractivity contribution in [3.8, 4) is 11.3 Å². The van der Waals surface area contributed by atoms with Crippen LogP contribution in [0.15, 0.2) is 48.9 Å². The molecule has 4 aromatic rings. The Bertz CT molecular complexity index is 1260. The summed E-state index contributed by atoms with van der Waals surface area (Å²) in [6.07, 6.45) is 5.06. The Labute approximate surface area is 183 Å². The molecule has 0 spiro atoms. The fourth-order valence-corrected chi connectivity index (χ4v) is 3.25. The summed E-state index contributed by atoms with van der Waals surface area (Å²) >= 11 is 0. The van der Waals surface area contributed by atoms with Crippen molar-refractivity contribution >= 4 is 17.7 Å². The molecule has 1 amide bonds. The van der Waals surface area contributed by atoms with Crippen LogP contribution in [-0.2, 0) is 20.2 Å². The lowest BCUT2D eigenvalue weighted by Gasteiger charge is -2.09. The smallest absolute Gasteiger partial charge is 0.267 e. The molecule has 0 unspecified atom stereocenters. The average Bonchev–Trinajstić information content (AvgIpc) is 3.43. The largest absolute Gasteiger partial charge is 0.392 e. The minimum absolute atomic E-state index is 0.0894. The summed E-state index contributed by atoms with van der Waals surface area (Å²) in [4.78, 5) is 24.4. The van der Waals surface area contributed by atoms with Gasteiger partial charge >= 0.3 is 0 Å². The lowest BCUT2D eigenvalue weighted by molar-refractivity contribution is 0.0946. The molecule has 0 saturated carbocycles. The van der Waals surface area contributed by atoms with Gasteiger partial charge in [0.1, 0.15) is 17.3 Å². The average molecular weight is 435 g/mol. The van der Waals surface area contributed by atoms with E-state index in [0.717, 1.165) is 16.9 Å². The van der Waals surface area contributed by atoms with Crippen molar-refractivity contribution in [2.45, 2.75) is 20.1 Å². The highest BCUT2D eigenvalue weighted by Gasteiger charge is 2.14. The number of benzene rings is 1. The van der Waals surface area contributed by atoms with Crippen LogP contribution in [-0.4, -0.2) is 35.7 Å². The summed E-state index contributed by atoms with van der Waals surface area (Å²) < 4.78 is 15.2. The normalized spacial score (nSPS) is 10.9. The van der Waals surface area contributed by atoms with Gasteiger partial charge in [-0.15, -0.1) is 0 Å². The Hall–Kier alpha value is -4.05. The van der Waals surface area contributed by atoms with E-state index in [0.29, 0.717) is 28.5 Å². The minimum atomic E-state index is -0.427. The number of carbonyl (C=O) groups is 1. The molecule has 0 saturated heterocycles. The van der Waals surface area contributed by atoms with Crippen LogP contribution in [0.4, 0.5) is 16.2 Å². The summed E-state index contributed by atoms with van der Waals surface area (Å²) in [5.41, 5.74) is 3.66. The molecular weight excluding hydrogens is 413 g/mol. The molecule has 0 aliphatic heterocycles. The number of nitrogens with zero attached hydrogens (tertiary/aromatic N) is 4. The number of carbonyl (C=O) groups excluding carboxylic acids is 1. The van der Waals surface area contributed by atoms with Crippen molar-refractivity contribution in [3.05, 3.63) is 77.1 Å². The van der Waals surface area contributed by atoms with Gasteiger partial charge in [0.25, 0.3) is 5.91 Å². The van der Waals surface area contributed by atoms with Crippen LogP contribution < -0.4 is 10.6 Å². The van der Waals surface area contributed by atoms with E-state index in [9.17, 15) is 14.3 Å². The van der Waals surface area contributed by atoms with E-state index in [1.54, 1.807) is 29.3 Å². The van der Waals surface area contributed by atoms with E-state index in [1.165, 1.54) is 18.2 Å². The number of aromatic amines is 1. The van der Waals surface area contributed by atoms with Crippen molar-refractivity contribution in [1.82, 2.24) is 30.0 Å². The van der Waals surface area contributed by atoms with Crippen molar-refractivity contribution in [2.24, 2.45) is 7.05 Å².